The molecule has 1 unspecified atom stereocenters. The number of anilines is 1. The fourth-order valence-electron chi connectivity index (χ4n) is 3.97. The van der Waals surface area contributed by atoms with Gasteiger partial charge in [0.2, 0.25) is 0 Å². The van der Waals surface area contributed by atoms with Gasteiger partial charge < -0.3 is 10.4 Å². The molecule has 3 aromatic carbocycles. The van der Waals surface area contributed by atoms with Gasteiger partial charge in [0, 0.05) is 17.4 Å². The molecule has 2 N–H and O–H groups in total. The van der Waals surface area contributed by atoms with Crippen molar-refractivity contribution >= 4 is 40.0 Å². The molecule has 0 aliphatic rings. The second-order valence-corrected chi connectivity index (χ2v) is 8.60. The average Bonchev–Trinajstić information content (AvgIpc) is 3.26. The summed E-state index contributed by atoms with van der Waals surface area (Å²) in [5.41, 5.74) is 3.59. The third-order valence-corrected chi connectivity index (χ3v) is 6.24. The number of hydrogen-bond acceptors (Lipinski definition) is 5. The maximum Gasteiger partial charge on any atom is 0.258 e. The molecule has 0 fully saturated rings. The van der Waals surface area contributed by atoms with Crippen molar-refractivity contribution in [2.45, 2.75) is 13.0 Å². The number of ketones is 1. The highest BCUT2D eigenvalue weighted by atomic mass is 35.5. The van der Waals surface area contributed by atoms with E-state index in [1.165, 1.54) is 6.20 Å². The van der Waals surface area contributed by atoms with E-state index in [1.54, 1.807) is 59.3 Å². The molecule has 2 aromatic heterocycles. The monoisotopic (exact) mass is 496 g/mol. The van der Waals surface area contributed by atoms with Crippen LogP contribution in [-0.4, -0.2) is 31.6 Å². The minimum atomic E-state index is -1.30. The molecule has 1 amide bonds. The number of nitrogens with zero attached hydrogens (tertiary/aromatic N) is 3. The number of Topliss-reactive ketones (excluding diaryl/α,β-unsaturated/α-hetero) is 1. The summed E-state index contributed by atoms with van der Waals surface area (Å²) < 4.78 is 1.69. The van der Waals surface area contributed by atoms with Crippen molar-refractivity contribution in [2.75, 3.05) is 5.32 Å². The number of aliphatic hydroxyl groups is 1. The molecule has 0 aliphatic carbocycles. The van der Waals surface area contributed by atoms with Gasteiger partial charge in [0.25, 0.3) is 5.91 Å². The van der Waals surface area contributed by atoms with E-state index in [4.69, 9.17) is 11.6 Å². The Morgan fingerprint density at radius 1 is 0.944 bits per heavy atom. The van der Waals surface area contributed by atoms with E-state index in [9.17, 15) is 14.7 Å². The number of carbonyl (C=O) groups excluding carboxylic acids is 2. The Kier molecular flexibility index (Phi) is 6.33. The molecule has 0 radical (unpaired) electrons. The van der Waals surface area contributed by atoms with Crippen molar-refractivity contribution in [3.05, 3.63) is 119 Å². The summed E-state index contributed by atoms with van der Waals surface area (Å²) in [7, 11) is 0. The number of nitrogens with one attached hydrogen (secondary N) is 1. The Bertz CT molecular complexity index is 1570. The number of para-hydroxylation sites is 1. The first-order valence-electron chi connectivity index (χ1n) is 11.2. The third kappa shape index (κ3) is 4.37. The number of halogens is 1. The lowest BCUT2D eigenvalue weighted by atomic mass is 10.00. The predicted octanol–water partition coefficient (Wildman–Crippen LogP) is 5.55. The van der Waals surface area contributed by atoms with E-state index in [0.29, 0.717) is 33.5 Å². The van der Waals surface area contributed by atoms with Gasteiger partial charge in [-0.2, -0.15) is 5.10 Å². The number of aryl methyl sites for hydroxylation is 1. The highest BCUT2D eigenvalue weighted by Crippen LogP contribution is 2.30. The van der Waals surface area contributed by atoms with Gasteiger partial charge in [-0.3, -0.25) is 9.59 Å². The minimum Gasteiger partial charge on any atom is -0.380 e. The van der Waals surface area contributed by atoms with Crippen LogP contribution in [-0.2, 0) is 0 Å². The Hall–Kier alpha value is -4.33. The zero-order valence-electron chi connectivity index (χ0n) is 19.2. The SMILES string of the molecule is Cc1nn(-c2ccccc2)c2ncc(C(=O)Nc3ccc(C(O)C(=O)c4ccccc4)cc3)c(Cl)c12. The Labute approximate surface area is 212 Å². The zero-order chi connectivity index (χ0) is 25.2. The first kappa shape index (κ1) is 23.4. The maximum atomic E-state index is 13.0. The van der Waals surface area contributed by atoms with Gasteiger partial charge in [-0.1, -0.05) is 72.3 Å². The van der Waals surface area contributed by atoms with Crippen LogP contribution in [0.3, 0.4) is 0 Å². The molecule has 5 aromatic rings. The number of hydrogen-bond donors (Lipinski definition) is 2. The maximum absolute atomic E-state index is 13.0. The molecular formula is C28H21ClN4O3. The van der Waals surface area contributed by atoms with E-state index >= 15 is 0 Å². The zero-order valence-corrected chi connectivity index (χ0v) is 20.0. The van der Waals surface area contributed by atoms with E-state index in [-0.39, 0.29) is 10.6 Å². The van der Waals surface area contributed by atoms with Crippen molar-refractivity contribution in [2.24, 2.45) is 0 Å². The van der Waals surface area contributed by atoms with Crippen LogP contribution >= 0.6 is 11.6 Å². The Morgan fingerprint density at radius 2 is 1.58 bits per heavy atom. The van der Waals surface area contributed by atoms with Crippen LogP contribution in [0.5, 0.6) is 0 Å². The molecule has 0 saturated carbocycles. The van der Waals surface area contributed by atoms with Gasteiger partial charge in [0.05, 0.1) is 27.4 Å². The Morgan fingerprint density at radius 3 is 2.25 bits per heavy atom. The topological polar surface area (TPSA) is 97.1 Å². The van der Waals surface area contributed by atoms with Gasteiger partial charge in [-0.15, -0.1) is 0 Å². The second kappa shape index (κ2) is 9.73. The standard InChI is InChI=1S/C28H21ClN4O3/c1-17-23-24(29)22(16-30-27(23)33(32-17)21-10-6-3-7-11-21)28(36)31-20-14-12-19(13-15-20)26(35)25(34)18-8-4-2-5-9-18/h2-16,26,35H,1H3,(H,31,36). The molecule has 7 nitrogen and oxygen atoms in total. The number of amides is 1. The molecule has 2 heterocycles. The quantitative estimate of drug-likeness (QED) is 0.300. The average molecular weight is 497 g/mol. The van der Waals surface area contributed by atoms with Crippen LogP contribution in [0.15, 0.2) is 91.1 Å². The summed E-state index contributed by atoms with van der Waals surface area (Å²) in [6.07, 6.45) is 0.124. The number of fused-ring (bicyclic) bond motifs is 1. The molecule has 0 aliphatic heterocycles. The summed E-state index contributed by atoms with van der Waals surface area (Å²) in [5.74, 6) is -0.833. The third-order valence-electron chi connectivity index (χ3n) is 5.84. The van der Waals surface area contributed by atoms with E-state index in [2.05, 4.69) is 15.4 Å². The number of rotatable bonds is 6. The predicted molar refractivity (Wildman–Crippen MR) is 139 cm³/mol. The number of aliphatic hydroxyl groups excluding tert-OH is 1. The van der Waals surface area contributed by atoms with Crippen molar-refractivity contribution in [3.63, 3.8) is 0 Å². The van der Waals surface area contributed by atoms with Gasteiger partial charge in [0.15, 0.2) is 11.4 Å². The van der Waals surface area contributed by atoms with Crippen LogP contribution in [0.25, 0.3) is 16.7 Å². The van der Waals surface area contributed by atoms with E-state index in [0.717, 1.165) is 5.69 Å². The molecule has 178 valence electrons. The van der Waals surface area contributed by atoms with Crippen LogP contribution in [0.2, 0.25) is 5.02 Å². The second-order valence-electron chi connectivity index (χ2n) is 8.23. The van der Waals surface area contributed by atoms with Crippen LogP contribution in [0, 0.1) is 6.92 Å². The summed E-state index contributed by atoms with van der Waals surface area (Å²) >= 11 is 6.64. The molecule has 8 heteroatoms. The molecular weight excluding hydrogens is 476 g/mol. The number of benzene rings is 3. The highest BCUT2D eigenvalue weighted by Gasteiger charge is 2.21. The van der Waals surface area contributed by atoms with Crippen LogP contribution in [0.1, 0.15) is 38.1 Å². The van der Waals surface area contributed by atoms with Crippen molar-refractivity contribution in [3.8, 4) is 5.69 Å². The summed E-state index contributed by atoms with van der Waals surface area (Å²) in [5, 5.41) is 18.7. The van der Waals surface area contributed by atoms with Crippen molar-refractivity contribution in [1.29, 1.82) is 0 Å². The molecule has 36 heavy (non-hydrogen) atoms. The lowest BCUT2D eigenvalue weighted by molar-refractivity contribution is 0.0747. The smallest absolute Gasteiger partial charge is 0.258 e. The van der Waals surface area contributed by atoms with Crippen LogP contribution in [0.4, 0.5) is 5.69 Å². The lowest BCUT2D eigenvalue weighted by Gasteiger charge is -2.12. The normalized spacial score (nSPS) is 11.9. The van der Waals surface area contributed by atoms with Gasteiger partial charge in [-0.05, 0) is 36.8 Å². The van der Waals surface area contributed by atoms with Crippen molar-refractivity contribution < 1.29 is 14.7 Å². The molecule has 0 bridgehead atoms. The summed E-state index contributed by atoms with van der Waals surface area (Å²) in [4.78, 5) is 30.0. The first-order chi connectivity index (χ1) is 17.4. The van der Waals surface area contributed by atoms with Crippen LogP contribution < -0.4 is 5.32 Å². The Balaban J connectivity index is 1.36. The summed E-state index contributed by atoms with van der Waals surface area (Å²) in [6.45, 7) is 1.82. The molecule has 0 saturated heterocycles. The number of aromatic nitrogens is 3. The molecule has 1 atom stereocenters. The molecule has 5 rings (SSSR count). The van der Waals surface area contributed by atoms with Crippen molar-refractivity contribution in [1.82, 2.24) is 14.8 Å². The summed E-state index contributed by atoms with van der Waals surface area (Å²) in [6, 6.07) is 24.6. The fraction of sp³-hybridized carbons (Fsp3) is 0.0714. The first-order valence-corrected chi connectivity index (χ1v) is 11.6. The molecule has 0 spiro atoms. The minimum absolute atomic E-state index is 0.211. The largest absolute Gasteiger partial charge is 0.380 e. The lowest BCUT2D eigenvalue weighted by Crippen LogP contribution is -2.14. The number of pyridine rings is 1. The van der Waals surface area contributed by atoms with E-state index in [1.807, 2.05) is 37.3 Å². The number of carbonyl (C=O) groups is 2. The van der Waals surface area contributed by atoms with E-state index < -0.39 is 17.8 Å². The van der Waals surface area contributed by atoms with Gasteiger partial charge in [-0.25, -0.2) is 9.67 Å². The van der Waals surface area contributed by atoms with Gasteiger partial charge >= 0.3 is 0 Å². The highest BCUT2D eigenvalue weighted by molar-refractivity contribution is 6.39. The fourth-order valence-corrected chi connectivity index (χ4v) is 4.33. The van der Waals surface area contributed by atoms with Gasteiger partial charge in [0.1, 0.15) is 6.10 Å².